The number of carboxylic acids is 1. The zero-order chi connectivity index (χ0) is 9.26. The molecule has 1 aliphatic carbocycles. The van der Waals surface area contributed by atoms with Crippen LogP contribution in [0.4, 0.5) is 0 Å². The van der Waals surface area contributed by atoms with Crippen molar-refractivity contribution in [2.75, 3.05) is 0 Å². The van der Waals surface area contributed by atoms with Gasteiger partial charge in [0.05, 0.1) is 18.5 Å². The maximum absolute atomic E-state index is 10.3. The third-order valence-electron chi connectivity index (χ3n) is 1.73. The molecule has 0 amide bonds. The van der Waals surface area contributed by atoms with Crippen LogP contribution in [-0.2, 0) is 11.3 Å². The summed E-state index contributed by atoms with van der Waals surface area (Å²) in [6, 6.07) is 0. The summed E-state index contributed by atoms with van der Waals surface area (Å²) >= 11 is 0. The van der Waals surface area contributed by atoms with Crippen molar-refractivity contribution in [3.8, 4) is 5.75 Å². The summed E-state index contributed by atoms with van der Waals surface area (Å²) in [5, 5.41) is 12.3. The molecule has 0 bridgehead atoms. The minimum Gasteiger partial charge on any atom is -0.487 e. The van der Waals surface area contributed by atoms with Crippen LogP contribution in [0.15, 0.2) is 12.4 Å². The molecule has 0 radical (unpaired) electrons. The Morgan fingerprint density at radius 3 is 3.15 bits per heavy atom. The Morgan fingerprint density at radius 2 is 2.54 bits per heavy atom. The van der Waals surface area contributed by atoms with E-state index in [2.05, 4.69) is 5.10 Å². The predicted octanol–water partition coefficient (Wildman–Crippen LogP) is 0.509. The fourth-order valence-corrected chi connectivity index (χ4v) is 1.01. The van der Waals surface area contributed by atoms with Gasteiger partial charge in [0.2, 0.25) is 0 Å². The molecule has 1 N–H and O–H groups in total. The van der Waals surface area contributed by atoms with E-state index in [9.17, 15) is 4.79 Å². The number of nitrogens with zero attached hydrogens (tertiary/aromatic N) is 2. The number of carboxylic acid groups (broad SMARTS) is 1. The van der Waals surface area contributed by atoms with E-state index < -0.39 is 5.97 Å². The second kappa shape index (κ2) is 3.08. The van der Waals surface area contributed by atoms with Gasteiger partial charge in [-0.05, 0) is 12.8 Å². The zero-order valence-electron chi connectivity index (χ0n) is 7.01. The summed E-state index contributed by atoms with van der Waals surface area (Å²) in [5.41, 5.74) is 0. The van der Waals surface area contributed by atoms with Gasteiger partial charge in [-0.2, -0.15) is 5.10 Å². The van der Waals surface area contributed by atoms with Crippen molar-refractivity contribution in [3.05, 3.63) is 12.4 Å². The van der Waals surface area contributed by atoms with Crippen LogP contribution < -0.4 is 4.74 Å². The molecule has 5 heteroatoms. The first kappa shape index (κ1) is 8.10. The maximum atomic E-state index is 10.3. The first-order valence-electron chi connectivity index (χ1n) is 4.15. The number of aliphatic carboxylic acids is 1. The molecular weight excluding hydrogens is 172 g/mol. The lowest BCUT2D eigenvalue weighted by molar-refractivity contribution is -0.137. The Morgan fingerprint density at radius 1 is 1.77 bits per heavy atom. The molecule has 1 aromatic rings. The van der Waals surface area contributed by atoms with Gasteiger partial charge in [-0.1, -0.05) is 0 Å². The number of hydrogen-bond donors (Lipinski definition) is 1. The second-order valence-corrected chi connectivity index (χ2v) is 3.08. The Labute approximate surface area is 74.9 Å². The second-order valence-electron chi connectivity index (χ2n) is 3.08. The number of hydrogen-bond acceptors (Lipinski definition) is 3. The monoisotopic (exact) mass is 182 g/mol. The first-order valence-corrected chi connectivity index (χ1v) is 4.15. The molecule has 1 aliphatic rings. The number of aromatic nitrogens is 2. The van der Waals surface area contributed by atoms with Crippen LogP contribution in [0.2, 0.25) is 0 Å². The molecule has 1 heterocycles. The van der Waals surface area contributed by atoms with Crippen LogP contribution in [0.3, 0.4) is 0 Å². The Bertz CT molecular complexity index is 317. The summed E-state index contributed by atoms with van der Waals surface area (Å²) in [4.78, 5) is 10.3. The van der Waals surface area contributed by atoms with E-state index in [0.717, 1.165) is 12.8 Å². The van der Waals surface area contributed by atoms with Crippen LogP contribution in [0.25, 0.3) is 0 Å². The molecule has 13 heavy (non-hydrogen) atoms. The highest BCUT2D eigenvalue weighted by Crippen LogP contribution is 2.25. The average molecular weight is 182 g/mol. The molecule has 0 atom stereocenters. The molecule has 0 aromatic carbocycles. The fraction of sp³-hybridized carbons (Fsp3) is 0.500. The number of carbonyl (C=O) groups is 1. The van der Waals surface area contributed by atoms with Gasteiger partial charge >= 0.3 is 5.97 Å². The Hall–Kier alpha value is -1.52. The van der Waals surface area contributed by atoms with Gasteiger partial charge in [-0.3, -0.25) is 9.48 Å². The van der Waals surface area contributed by atoms with Crippen molar-refractivity contribution in [2.24, 2.45) is 0 Å². The molecule has 0 spiro atoms. The lowest BCUT2D eigenvalue weighted by atomic mass is 10.6. The predicted molar refractivity (Wildman–Crippen MR) is 43.5 cm³/mol. The normalized spacial score (nSPS) is 15.7. The molecule has 1 saturated carbocycles. The van der Waals surface area contributed by atoms with E-state index in [1.807, 2.05) is 0 Å². The first-order chi connectivity index (χ1) is 6.24. The van der Waals surface area contributed by atoms with Crippen LogP contribution in [0.5, 0.6) is 5.75 Å². The van der Waals surface area contributed by atoms with E-state index in [1.165, 1.54) is 4.68 Å². The summed E-state index contributed by atoms with van der Waals surface area (Å²) in [6.07, 6.45) is 5.64. The third kappa shape index (κ3) is 2.21. The smallest absolute Gasteiger partial charge is 0.325 e. The summed E-state index contributed by atoms with van der Waals surface area (Å²) in [7, 11) is 0. The lowest BCUT2D eigenvalue weighted by Gasteiger charge is -1.97. The molecular formula is C8H10N2O3. The number of rotatable bonds is 4. The van der Waals surface area contributed by atoms with Gasteiger partial charge in [0.25, 0.3) is 0 Å². The SMILES string of the molecule is O=C(O)Cn1cc(OC2CC2)cn1. The zero-order valence-corrected chi connectivity index (χ0v) is 7.01. The quantitative estimate of drug-likeness (QED) is 0.736. The number of ether oxygens (including phenoxy) is 1. The molecule has 70 valence electrons. The summed E-state index contributed by atoms with van der Waals surface area (Å²) < 4.78 is 6.76. The standard InChI is InChI=1S/C8H10N2O3/c11-8(12)5-10-4-7(3-9-10)13-6-1-2-6/h3-4,6H,1-2,5H2,(H,11,12). The maximum Gasteiger partial charge on any atom is 0.325 e. The van der Waals surface area contributed by atoms with Crippen molar-refractivity contribution < 1.29 is 14.6 Å². The minimum absolute atomic E-state index is 0.117. The molecule has 1 fully saturated rings. The van der Waals surface area contributed by atoms with Crippen LogP contribution in [-0.4, -0.2) is 27.0 Å². The fourth-order valence-electron chi connectivity index (χ4n) is 1.01. The van der Waals surface area contributed by atoms with Crippen molar-refractivity contribution in [1.82, 2.24) is 9.78 Å². The minimum atomic E-state index is -0.902. The van der Waals surface area contributed by atoms with Gasteiger partial charge in [-0.25, -0.2) is 0 Å². The summed E-state index contributed by atoms with van der Waals surface area (Å²) in [5.74, 6) is -0.246. The van der Waals surface area contributed by atoms with Crippen molar-refractivity contribution >= 4 is 5.97 Å². The van der Waals surface area contributed by atoms with Gasteiger partial charge in [0.15, 0.2) is 5.75 Å². The highest BCUT2D eigenvalue weighted by atomic mass is 16.5. The van der Waals surface area contributed by atoms with Crippen molar-refractivity contribution in [1.29, 1.82) is 0 Å². The lowest BCUT2D eigenvalue weighted by Crippen LogP contribution is -2.08. The van der Waals surface area contributed by atoms with E-state index in [-0.39, 0.29) is 6.54 Å². The van der Waals surface area contributed by atoms with Crippen molar-refractivity contribution in [2.45, 2.75) is 25.5 Å². The molecule has 0 unspecified atom stereocenters. The van der Waals surface area contributed by atoms with E-state index >= 15 is 0 Å². The Balaban J connectivity index is 1.95. The Kier molecular flexibility index (Phi) is 1.92. The largest absolute Gasteiger partial charge is 0.487 e. The molecule has 0 saturated heterocycles. The van der Waals surface area contributed by atoms with Gasteiger partial charge in [0, 0.05) is 0 Å². The summed E-state index contributed by atoms with van der Waals surface area (Å²) in [6.45, 7) is -0.117. The molecule has 1 aromatic heterocycles. The molecule has 2 rings (SSSR count). The van der Waals surface area contributed by atoms with Crippen LogP contribution in [0.1, 0.15) is 12.8 Å². The van der Waals surface area contributed by atoms with E-state index in [1.54, 1.807) is 12.4 Å². The highest BCUT2D eigenvalue weighted by molar-refractivity contribution is 5.66. The van der Waals surface area contributed by atoms with Crippen LogP contribution >= 0.6 is 0 Å². The van der Waals surface area contributed by atoms with Crippen LogP contribution in [0, 0.1) is 0 Å². The topological polar surface area (TPSA) is 64.3 Å². The van der Waals surface area contributed by atoms with E-state index in [4.69, 9.17) is 9.84 Å². The highest BCUT2D eigenvalue weighted by Gasteiger charge is 2.23. The average Bonchev–Trinajstić information content (AvgIpc) is 2.73. The van der Waals surface area contributed by atoms with Gasteiger partial charge in [0.1, 0.15) is 6.54 Å². The van der Waals surface area contributed by atoms with Gasteiger partial charge in [-0.15, -0.1) is 0 Å². The van der Waals surface area contributed by atoms with Gasteiger partial charge < -0.3 is 9.84 Å². The van der Waals surface area contributed by atoms with E-state index in [0.29, 0.717) is 11.9 Å². The molecule has 0 aliphatic heterocycles. The molecule has 5 nitrogen and oxygen atoms in total. The third-order valence-corrected chi connectivity index (χ3v) is 1.73. The van der Waals surface area contributed by atoms with Crippen molar-refractivity contribution in [3.63, 3.8) is 0 Å².